The van der Waals surface area contributed by atoms with Crippen LogP contribution >= 0.6 is 0 Å². The topological polar surface area (TPSA) is 119 Å². The van der Waals surface area contributed by atoms with Gasteiger partial charge in [0.25, 0.3) is 11.6 Å². The van der Waals surface area contributed by atoms with E-state index in [9.17, 15) is 23.3 Å². The van der Waals surface area contributed by atoms with Gasteiger partial charge >= 0.3 is 0 Å². The maximum atomic E-state index is 13.0. The van der Waals surface area contributed by atoms with Gasteiger partial charge in [-0.1, -0.05) is 24.3 Å². The number of benzene rings is 2. The van der Waals surface area contributed by atoms with E-state index < -0.39 is 14.9 Å². The molecule has 0 spiro atoms. The van der Waals surface area contributed by atoms with E-state index in [0.717, 1.165) is 11.8 Å². The van der Waals surface area contributed by atoms with Crippen molar-refractivity contribution in [1.29, 1.82) is 0 Å². The number of sulfonamides is 1. The van der Waals surface area contributed by atoms with Crippen molar-refractivity contribution in [3.8, 4) is 5.69 Å². The fraction of sp³-hybridized carbons (Fsp3) is 0.200. The lowest BCUT2D eigenvalue weighted by Crippen LogP contribution is -2.50. The van der Waals surface area contributed by atoms with Crippen molar-refractivity contribution in [3.05, 3.63) is 82.9 Å². The van der Waals surface area contributed by atoms with E-state index in [1.807, 2.05) is 30.3 Å². The molecule has 1 aromatic heterocycles. The van der Waals surface area contributed by atoms with Crippen molar-refractivity contribution in [2.24, 2.45) is 0 Å². The lowest BCUT2D eigenvalue weighted by Gasteiger charge is -2.34. The fourth-order valence-corrected chi connectivity index (χ4v) is 4.91. The minimum Gasteiger partial charge on any atom is -0.335 e. The van der Waals surface area contributed by atoms with Crippen LogP contribution in [0.25, 0.3) is 5.69 Å². The molecule has 0 aliphatic carbocycles. The zero-order valence-corrected chi connectivity index (χ0v) is 17.2. The van der Waals surface area contributed by atoms with Gasteiger partial charge in [-0.25, -0.2) is 13.4 Å². The summed E-state index contributed by atoms with van der Waals surface area (Å²) in [6, 6.07) is 14.3. The number of carbonyl (C=O) groups excluding carboxylic acids is 1. The number of para-hydroxylation sites is 1. The Bertz CT molecular complexity index is 1220. The molecule has 0 unspecified atom stereocenters. The van der Waals surface area contributed by atoms with Crippen LogP contribution in [0.2, 0.25) is 0 Å². The molecule has 10 nitrogen and oxygen atoms in total. The summed E-state index contributed by atoms with van der Waals surface area (Å²) in [5.41, 5.74) is 0.903. The third-order valence-electron chi connectivity index (χ3n) is 5.08. The summed E-state index contributed by atoms with van der Waals surface area (Å²) in [6.07, 6.45) is 3.05. The molecule has 3 aromatic rings. The fourth-order valence-electron chi connectivity index (χ4n) is 3.45. The predicted octanol–water partition coefficient (Wildman–Crippen LogP) is 1.93. The molecule has 2 heterocycles. The molecule has 11 heteroatoms. The van der Waals surface area contributed by atoms with Crippen molar-refractivity contribution < 1.29 is 18.1 Å². The van der Waals surface area contributed by atoms with Gasteiger partial charge in [-0.05, 0) is 18.2 Å². The van der Waals surface area contributed by atoms with Gasteiger partial charge in [-0.15, -0.1) is 0 Å². The van der Waals surface area contributed by atoms with Crippen molar-refractivity contribution >= 4 is 21.6 Å². The van der Waals surface area contributed by atoms with Gasteiger partial charge in [0.1, 0.15) is 5.69 Å². The first-order chi connectivity index (χ1) is 14.9. The second-order valence-corrected chi connectivity index (χ2v) is 8.87. The number of aromatic nitrogens is 2. The summed E-state index contributed by atoms with van der Waals surface area (Å²) in [6.45, 7) is 0.590. The quantitative estimate of drug-likeness (QED) is 0.441. The number of imidazole rings is 1. The van der Waals surface area contributed by atoms with Gasteiger partial charge in [-0.2, -0.15) is 4.31 Å². The van der Waals surface area contributed by atoms with E-state index in [-0.39, 0.29) is 42.7 Å². The van der Waals surface area contributed by atoms with Crippen LogP contribution in [0.3, 0.4) is 0 Å². The van der Waals surface area contributed by atoms with E-state index in [0.29, 0.717) is 5.69 Å². The Hall–Kier alpha value is -3.57. The number of nitro benzene ring substituents is 1. The third kappa shape index (κ3) is 4.05. The van der Waals surface area contributed by atoms with E-state index in [2.05, 4.69) is 4.98 Å². The van der Waals surface area contributed by atoms with Crippen LogP contribution in [0.15, 0.2) is 72.0 Å². The molecule has 1 aliphatic heterocycles. The maximum absolute atomic E-state index is 13.0. The third-order valence-corrected chi connectivity index (χ3v) is 6.98. The molecule has 0 radical (unpaired) electrons. The highest BCUT2D eigenvalue weighted by Crippen LogP contribution is 2.22. The Balaban J connectivity index is 1.48. The molecule has 2 aromatic carbocycles. The summed E-state index contributed by atoms with van der Waals surface area (Å²) < 4.78 is 28.7. The lowest BCUT2D eigenvalue weighted by molar-refractivity contribution is -0.385. The van der Waals surface area contributed by atoms with Crippen LogP contribution in [-0.2, 0) is 10.0 Å². The number of nitro groups is 1. The molecule has 0 bridgehead atoms. The highest BCUT2D eigenvalue weighted by molar-refractivity contribution is 7.89. The number of rotatable bonds is 5. The highest BCUT2D eigenvalue weighted by Gasteiger charge is 2.32. The van der Waals surface area contributed by atoms with Crippen molar-refractivity contribution in [2.75, 3.05) is 26.2 Å². The van der Waals surface area contributed by atoms with Crippen LogP contribution in [0.5, 0.6) is 0 Å². The number of carbonyl (C=O) groups is 1. The predicted molar refractivity (Wildman–Crippen MR) is 111 cm³/mol. The van der Waals surface area contributed by atoms with E-state index in [4.69, 9.17) is 0 Å². The SMILES string of the molecule is O=C(c1cncn1-c1ccccc1)N1CCN(S(=O)(=O)c2cccc([N+](=O)[O-])c2)CC1. The molecule has 0 saturated carbocycles. The first-order valence-corrected chi connectivity index (χ1v) is 10.9. The van der Waals surface area contributed by atoms with Crippen molar-refractivity contribution in [2.45, 2.75) is 4.90 Å². The monoisotopic (exact) mass is 441 g/mol. The zero-order chi connectivity index (χ0) is 22.0. The number of amides is 1. The standard InChI is InChI=1S/C20H19N5O5S/c26-20(19-14-21-15-24(19)16-5-2-1-3-6-16)22-9-11-23(12-10-22)31(29,30)18-8-4-7-17(13-18)25(27)28/h1-8,13-15H,9-12H2. The van der Waals surface area contributed by atoms with Crippen LogP contribution in [-0.4, -0.2) is 64.2 Å². The number of hydrogen-bond donors (Lipinski definition) is 0. The average Bonchev–Trinajstić information content (AvgIpc) is 3.29. The zero-order valence-electron chi connectivity index (χ0n) is 16.4. The summed E-state index contributed by atoms with van der Waals surface area (Å²) in [7, 11) is -3.90. The summed E-state index contributed by atoms with van der Waals surface area (Å²) in [5.74, 6) is -0.242. The molecule has 4 rings (SSSR count). The Morgan fingerprint density at radius 1 is 1.00 bits per heavy atom. The minimum absolute atomic E-state index is 0.0935. The van der Waals surface area contributed by atoms with E-state index >= 15 is 0 Å². The Morgan fingerprint density at radius 3 is 2.39 bits per heavy atom. The molecule has 160 valence electrons. The Labute approximate surface area is 178 Å². The molecular weight excluding hydrogens is 422 g/mol. The lowest BCUT2D eigenvalue weighted by atomic mass is 10.3. The average molecular weight is 441 g/mol. The molecule has 1 fully saturated rings. The number of piperazine rings is 1. The molecule has 1 aliphatic rings. The first-order valence-electron chi connectivity index (χ1n) is 9.49. The van der Waals surface area contributed by atoms with E-state index in [1.165, 1.54) is 28.7 Å². The van der Waals surface area contributed by atoms with Gasteiger partial charge in [0.2, 0.25) is 10.0 Å². The second-order valence-electron chi connectivity index (χ2n) is 6.94. The summed E-state index contributed by atoms with van der Waals surface area (Å²) >= 11 is 0. The van der Waals surface area contributed by atoms with Gasteiger partial charge in [0.15, 0.2) is 0 Å². The highest BCUT2D eigenvalue weighted by atomic mass is 32.2. The van der Waals surface area contributed by atoms with Crippen LogP contribution in [0, 0.1) is 10.1 Å². The van der Waals surface area contributed by atoms with Gasteiger partial charge in [-0.3, -0.25) is 19.5 Å². The Kier molecular flexibility index (Phi) is 5.53. The summed E-state index contributed by atoms with van der Waals surface area (Å²) in [5, 5.41) is 11.0. The Morgan fingerprint density at radius 2 is 1.71 bits per heavy atom. The number of hydrogen-bond acceptors (Lipinski definition) is 6. The molecular formula is C20H19N5O5S. The maximum Gasteiger partial charge on any atom is 0.272 e. The minimum atomic E-state index is -3.90. The normalized spacial score (nSPS) is 15.0. The molecule has 31 heavy (non-hydrogen) atoms. The second kappa shape index (κ2) is 8.28. The van der Waals surface area contributed by atoms with Gasteiger partial charge in [0.05, 0.1) is 22.3 Å². The first kappa shape index (κ1) is 20.7. The van der Waals surface area contributed by atoms with Crippen LogP contribution < -0.4 is 0 Å². The van der Waals surface area contributed by atoms with Crippen LogP contribution in [0.4, 0.5) is 5.69 Å². The molecule has 1 saturated heterocycles. The molecule has 0 N–H and O–H groups in total. The summed E-state index contributed by atoms with van der Waals surface area (Å²) in [4.78, 5) is 28.9. The van der Waals surface area contributed by atoms with E-state index in [1.54, 1.807) is 15.8 Å². The number of non-ortho nitro benzene ring substituents is 1. The van der Waals surface area contributed by atoms with Crippen molar-refractivity contribution in [3.63, 3.8) is 0 Å². The van der Waals surface area contributed by atoms with Gasteiger partial charge in [0, 0.05) is 44.0 Å². The smallest absolute Gasteiger partial charge is 0.272 e. The largest absolute Gasteiger partial charge is 0.335 e. The number of nitrogens with zero attached hydrogens (tertiary/aromatic N) is 5. The van der Waals surface area contributed by atoms with Crippen LogP contribution in [0.1, 0.15) is 10.5 Å². The van der Waals surface area contributed by atoms with Gasteiger partial charge < -0.3 is 4.90 Å². The molecule has 1 amide bonds. The molecule has 0 atom stereocenters. The van der Waals surface area contributed by atoms with Crippen molar-refractivity contribution in [1.82, 2.24) is 18.8 Å².